The lowest BCUT2D eigenvalue weighted by molar-refractivity contribution is -0.121. The average molecular weight is 447 g/mol. The van der Waals surface area contributed by atoms with Crippen LogP contribution in [0.1, 0.15) is 30.4 Å². The predicted molar refractivity (Wildman–Crippen MR) is 119 cm³/mol. The van der Waals surface area contributed by atoms with Crippen molar-refractivity contribution in [3.05, 3.63) is 53.6 Å². The summed E-state index contributed by atoms with van der Waals surface area (Å²) in [5, 5.41) is 2.83. The smallest absolute Gasteiger partial charge is 0.243 e. The monoisotopic (exact) mass is 446 g/mol. The Morgan fingerprint density at radius 2 is 1.90 bits per heavy atom. The quantitative estimate of drug-likeness (QED) is 0.567. The molecule has 1 aliphatic rings. The number of sulfonamides is 1. The average Bonchev–Trinajstić information content (AvgIpc) is 3.31. The molecule has 1 aliphatic heterocycles. The van der Waals surface area contributed by atoms with E-state index in [4.69, 9.17) is 9.47 Å². The van der Waals surface area contributed by atoms with Crippen molar-refractivity contribution in [2.45, 2.75) is 37.5 Å². The van der Waals surface area contributed by atoms with E-state index in [1.165, 1.54) is 11.4 Å². The number of carbonyl (C=O) groups excluding carboxylic acids is 1. The minimum atomic E-state index is -3.51. The van der Waals surface area contributed by atoms with Gasteiger partial charge in [0.2, 0.25) is 15.9 Å². The molecule has 0 saturated carbocycles. The zero-order chi connectivity index (χ0) is 22.3. The summed E-state index contributed by atoms with van der Waals surface area (Å²) < 4.78 is 38.2. The fraction of sp³-hybridized carbons (Fsp3) is 0.435. The molecule has 8 heteroatoms. The molecule has 1 N–H and O–H groups in total. The van der Waals surface area contributed by atoms with E-state index < -0.39 is 10.0 Å². The van der Waals surface area contributed by atoms with Gasteiger partial charge in [-0.1, -0.05) is 12.1 Å². The summed E-state index contributed by atoms with van der Waals surface area (Å²) in [6.07, 6.45) is 2.39. The van der Waals surface area contributed by atoms with Crippen molar-refractivity contribution in [1.82, 2.24) is 9.62 Å². The minimum absolute atomic E-state index is 0.123. The number of aryl methyl sites for hydroxylation is 2. The Morgan fingerprint density at radius 3 is 2.61 bits per heavy atom. The number of ether oxygens (including phenoxy) is 2. The zero-order valence-electron chi connectivity index (χ0n) is 18.1. The second-order valence-corrected chi connectivity index (χ2v) is 9.54. The molecule has 0 aromatic heterocycles. The van der Waals surface area contributed by atoms with Gasteiger partial charge in [-0.05, 0) is 67.6 Å². The Hall–Kier alpha value is -2.58. The molecule has 0 unspecified atom stereocenters. The van der Waals surface area contributed by atoms with Gasteiger partial charge in [0.25, 0.3) is 0 Å². The first-order chi connectivity index (χ1) is 14.9. The number of benzene rings is 2. The number of carbonyl (C=O) groups is 1. The number of nitrogens with zero attached hydrogens (tertiary/aromatic N) is 1. The molecule has 0 spiro atoms. The van der Waals surface area contributed by atoms with Gasteiger partial charge in [-0.2, -0.15) is 4.31 Å². The standard InChI is InChI=1S/C23H30N2O5S/c1-18-6-5-7-20(16-18)30-15-12-24-23(26)11-8-19-17-21(9-10-22(19)29-2)31(27,28)25-13-3-4-14-25/h5-7,9-10,16-17H,3-4,8,11-15H2,1-2H3,(H,24,26). The lowest BCUT2D eigenvalue weighted by Crippen LogP contribution is -2.28. The SMILES string of the molecule is COc1ccc(S(=O)(=O)N2CCCC2)cc1CCC(=O)NCCOc1cccc(C)c1. The van der Waals surface area contributed by atoms with Gasteiger partial charge in [-0.3, -0.25) is 4.79 Å². The molecular formula is C23H30N2O5S. The molecule has 0 atom stereocenters. The Kier molecular flexibility index (Phi) is 7.92. The van der Waals surface area contributed by atoms with E-state index in [1.54, 1.807) is 18.2 Å². The van der Waals surface area contributed by atoms with E-state index in [2.05, 4.69) is 5.32 Å². The Labute approximate surface area is 184 Å². The van der Waals surface area contributed by atoms with Crippen LogP contribution >= 0.6 is 0 Å². The molecule has 7 nitrogen and oxygen atoms in total. The van der Waals surface area contributed by atoms with Gasteiger partial charge in [-0.15, -0.1) is 0 Å². The van der Waals surface area contributed by atoms with Crippen LogP contribution in [0.15, 0.2) is 47.4 Å². The molecule has 2 aromatic carbocycles. The predicted octanol–water partition coefficient (Wildman–Crippen LogP) is 2.92. The van der Waals surface area contributed by atoms with E-state index >= 15 is 0 Å². The fourth-order valence-electron chi connectivity index (χ4n) is 3.59. The second kappa shape index (κ2) is 10.6. The maximum Gasteiger partial charge on any atom is 0.243 e. The normalized spacial score (nSPS) is 14.4. The Balaban J connectivity index is 1.53. The van der Waals surface area contributed by atoms with Crippen molar-refractivity contribution < 1.29 is 22.7 Å². The third-order valence-corrected chi connectivity index (χ3v) is 7.15. The summed E-state index contributed by atoms with van der Waals surface area (Å²) in [6.45, 7) is 3.87. The first kappa shape index (κ1) is 23.1. The summed E-state index contributed by atoms with van der Waals surface area (Å²) in [5.74, 6) is 1.23. The van der Waals surface area contributed by atoms with E-state index in [0.717, 1.165) is 24.2 Å². The Bertz CT molecular complexity index is 1000. The summed E-state index contributed by atoms with van der Waals surface area (Å²) in [5.41, 5.74) is 1.82. The lowest BCUT2D eigenvalue weighted by atomic mass is 10.1. The summed E-state index contributed by atoms with van der Waals surface area (Å²) in [7, 11) is -1.97. The van der Waals surface area contributed by atoms with Crippen LogP contribution < -0.4 is 14.8 Å². The molecule has 0 aliphatic carbocycles. The van der Waals surface area contributed by atoms with Gasteiger partial charge in [0.05, 0.1) is 18.6 Å². The second-order valence-electron chi connectivity index (χ2n) is 7.60. The van der Waals surface area contributed by atoms with Gasteiger partial charge in [0, 0.05) is 19.5 Å². The highest BCUT2D eigenvalue weighted by atomic mass is 32.2. The number of hydrogen-bond donors (Lipinski definition) is 1. The molecule has 1 amide bonds. The van der Waals surface area contributed by atoms with Crippen LogP contribution in [0.25, 0.3) is 0 Å². The van der Waals surface area contributed by atoms with Gasteiger partial charge in [-0.25, -0.2) is 8.42 Å². The number of nitrogens with one attached hydrogen (secondary N) is 1. The number of hydrogen-bond acceptors (Lipinski definition) is 5. The van der Waals surface area contributed by atoms with Gasteiger partial charge >= 0.3 is 0 Å². The summed E-state index contributed by atoms with van der Waals surface area (Å²) in [6, 6.07) is 12.6. The van der Waals surface area contributed by atoms with E-state index in [9.17, 15) is 13.2 Å². The molecular weight excluding hydrogens is 416 g/mol. The molecule has 2 aromatic rings. The zero-order valence-corrected chi connectivity index (χ0v) is 18.9. The lowest BCUT2D eigenvalue weighted by Gasteiger charge is -2.17. The molecule has 3 rings (SSSR count). The minimum Gasteiger partial charge on any atom is -0.496 e. The fourth-order valence-corrected chi connectivity index (χ4v) is 5.16. The van der Waals surface area contributed by atoms with Crippen LogP contribution in [0, 0.1) is 6.92 Å². The molecule has 31 heavy (non-hydrogen) atoms. The van der Waals surface area contributed by atoms with Crippen LogP contribution in [0.4, 0.5) is 0 Å². The highest BCUT2D eigenvalue weighted by molar-refractivity contribution is 7.89. The number of rotatable bonds is 10. The number of methoxy groups -OCH3 is 1. The first-order valence-corrected chi connectivity index (χ1v) is 12.0. The van der Waals surface area contributed by atoms with Crippen LogP contribution in [0.3, 0.4) is 0 Å². The van der Waals surface area contributed by atoms with Crippen molar-refractivity contribution in [2.75, 3.05) is 33.4 Å². The highest BCUT2D eigenvalue weighted by Crippen LogP contribution is 2.27. The molecule has 0 bridgehead atoms. The van der Waals surface area contributed by atoms with Crippen molar-refractivity contribution in [3.63, 3.8) is 0 Å². The highest BCUT2D eigenvalue weighted by Gasteiger charge is 2.27. The van der Waals surface area contributed by atoms with Crippen LogP contribution in [0.5, 0.6) is 11.5 Å². The van der Waals surface area contributed by atoms with Crippen molar-refractivity contribution in [2.24, 2.45) is 0 Å². The van der Waals surface area contributed by atoms with E-state index in [0.29, 0.717) is 44.0 Å². The molecule has 1 saturated heterocycles. The van der Waals surface area contributed by atoms with Crippen molar-refractivity contribution in [1.29, 1.82) is 0 Å². The van der Waals surface area contributed by atoms with Crippen LogP contribution in [-0.2, 0) is 21.2 Å². The third kappa shape index (κ3) is 6.21. The first-order valence-electron chi connectivity index (χ1n) is 10.5. The van der Waals surface area contributed by atoms with Gasteiger partial charge < -0.3 is 14.8 Å². The van der Waals surface area contributed by atoms with E-state index in [1.807, 2.05) is 31.2 Å². The van der Waals surface area contributed by atoms with Gasteiger partial charge in [0.15, 0.2) is 0 Å². The summed E-state index contributed by atoms with van der Waals surface area (Å²) in [4.78, 5) is 12.5. The molecule has 1 fully saturated rings. The molecule has 0 radical (unpaired) electrons. The Morgan fingerprint density at radius 1 is 1.13 bits per heavy atom. The van der Waals surface area contributed by atoms with Crippen molar-refractivity contribution in [3.8, 4) is 11.5 Å². The largest absolute Gasteiger partial charge is 0.496 e. The summed E-state index contributed by atoms with van der Waals surface area (Å²) >= 11 is 0. The maximum absolute atomic E-state index is 12.8. The van der Waals surface area contributed by atoms with E-state index in [-0.39, 0.29) is 17.2 Å². The van der Waals surface area contributed by atoms with Gasteiger partial charge in [0.1, 0.15) is 18.1 Å². The van der Waals surface area contributed by atoms with Crippen molar-refractivity contribution >= 4 is 15.9 Å². The maximum atomic E-state index is 12.8. The topological polar surface area (TPSA) is 84.9 Å². The van der Waals surface area contributed by atoms with Crippen LogP contribution in [0.2, 0.25) is 0 Å². The molecule has 1 heterocycles. The number of amides is 1. The van der Waals surface area contributed by atoms with Crippen LogP contribution in [-0.4, -0.2) is 52.0 Å². The third-order valence-electron chi connectivity index (χ3n) is 5.26. The molecule has 168 valence electrons.